The van der Waals surface area contributed by atoms with Crippen LogP contribution in [0.15, 0.2) is 145 Å². The van der Waals surface area contributed by atoms with Crippen molar-refractivity contribution in [2.75, 3.05) is 13.1 Å². The molecule has 10 nitrogen and oxygen atoms in total. The summed E-state index contributed by atoms with van der Waals surface area (Å²) in [6.45, 7) is 7.65. The number of nitrogens with zero attached hydrogens (tertiary/aromatic N) is 2. The molecule has 0 saturated carbocycles. The minimum atomic E-state index is -0.918. The number of β-lactam (4-membered cyclic amide) rings is 1. The summed E-state index contributed by atoms with van der Waals surface area (Å²) in [6, 6.07) is 40.7. The first-order chi connectivity index (χ1) is 27.4. The number of pyridine rings is 1. The molecule has 2 saturated heterocycles. The van der Waals surface area contributed by atoms with Crippen molar-refractivity contribution in [1.82, 2.24) is 20.5 Å². The van der Waals surface area contributed by atoms with Crippen molar-refractivity contribution in [3.8, 4) is 11.1 Å². The van der Waals surface area contributed by atoms with Crippen molar-refractivity contribution in [2.24, 2.45) is 5.41 Å². The van der Waals surface area contributed by atoms with Gasteiger partial charge in [0.1, 0.15) is 11.6 Å². The third-order valence-electron chi connectivity index (χ3n) is 10.7. The lowest BCUT2D eigenvalue weighted by Crippen LogP contribution is -2.59. The topological polar surface area (TPSA) is 127 Å². The van der Waals surface area contributed by atoms with Crippen molar-refractivity contribution in [3.05, 3.63) is 168 Å². The average Bonchev–Trinajstić information content (AvgIpc) is 3.48. The lowest BCUT2D eigenvalue weighted by molar-refractivity contribution is -0.162. The number of hydrogen-bond acceptors (Lipinski definition) is 7. The molecule has 2 aliphatic rings. The highest BCUT2D eigenvalue weighted by atomic mass is 16.6. The second kappa shape index (κ2) is 16.3. The van der Waals surface area contributed by atoms with Crippen molar-refractivity contribution in [2.45, 2.75) is 57.9 Å². The number of rotatable bonds is 12. The molecule has 4 aromatic carbocycles. The van der Waals surface area contributed by atoms with Crippen LogP contribution in [0.1, 0.15) is 62.6 Å². The number of aromatic nitrogens is 1. The fourth-order valence-electron chi connectivity index (χ4n) is 7.79. The van der Waals surface area contributed by atoms with E-state index in [0.29, 0.717) is 17.7 Å². The molecule has 5 aromatic rings. The summed E-state index contributed by atoms with van der Waals surface area (Å²) < 4.78 is 12.0. The van der Waals surface area contributed by atoms with Crippen molar-refractivity contribution in [3.63, 3.8) is 0 Å². The number of ether oxygens (including phenoxy) is 2. The van der Waals surface area contributed by atoms with Crippen LogP contribution in [0.4, 0.5) is 4.79 Å². The van der Waals surface area contributed by atoms with E-state index in [2.05, 4.69) is 15.6 Å². The van der Waals surface area contributed by atoms with Crippen LogP contribution in [0, 0.1) is 5.41 Å². The number of hydrogen-bond donors (Lipinski definition) is 2. The molecule has 2 atom stereocenters. The maximum atomic E-state index is 14.1. The fourth-order valence-corrected chi connectivity index (χ4v) is 7.79. The molecule has 7 rings (SSSR count). The summed E-state index contributed by atoms with van der Waals surface area (Å²) in [7, 11) is 0. The number of alkyl carbamates (subject to hydrolysis) is 1. The Hall–Kier alpha value is -6.55. The zero-order chi connectivity index (χ0) is 40.2. The van der Waals surface area contributed by atoms with E-state index < -0.39 is 53.1 Å². The van der Waals surface area contributed by atoms with Crippen LogP contribution in [0.5, 0.6) is 0 Å². The van der Waals surface area contributed by atoms with Gasteiger partial charge in [-0.1, -0.05) is 135 Å². The minimum Gasteiger partial charge on any atom is -0.451 e. The molecule has 0 spiro atoms. The number of esters is 1. The molecule has 3 heterocycles. The predicted octanol–water partition coefficient (Wildman–Crippen LogP) is 7.62. The lowest BCUT2D eigenvalue weighted by atomic mass is 9.82. The first kappa shape index (κ1) is 38.7. The molecule has 0 radical (unpaired) electrons. The van der Waals surface area contributed by atoms with Crippen LogP contribution in [0.3, 0.4) is 0 Å². The number of benzene rings is 4. The van der Waals surface area contributed by atoms with Gasteiger partial charge in [0, 0.05) is 19.3 Å². The largest absolute Gasteiger partial charge is 0.451 e. The Morgan fingerprint density at radius 1 is 0.772 bits per heavy atom. The van der Waals surface area contributed by atoms with Gasteiger partial charge in [-0.3, -0.25) is 14.6 Å². The maximum absolute atomic E-state index is 14.1. The van der Waals surface area contributed by atoms with Crippen molar-refractivity contribution < 1.29 is 28.7 Å². The normalized spacial score (nSPS) is 17.9. The van der Waals surface area contributed by atoms with Gasteiger partial charge < -0.3 is 25.0 Å². The van der Waals surface area contributed by atoms with E-state index in [4.69, 9.17) is 9.47 Å². The first-order valence-electron chi connectivity index (χ1n) is 19.1. The van der Waals surface area contributed by atoms with E-state index in [-0.39, 0.29) is 18.7 Å². The Bertz CT molecular complexity index is 2220. The smallest absolute Gasteiger partial charge is 0.408 e. The number of carbonyl (C=O) groups excluding carboxylic acids is 4. The van der Waals surface area contributed by atoms with Crippen molar-refractivity contribution >= 4 is 29.5 Å². The van der Waals surface area contributed by atoms with Crippen molar-refractivity contribution in [1.29, 1.82) is 0 Å². The lowest BCUT2D eigenvalue weighted by Gasteiger charge is -2.42. The number of amides is 3. The van der Waals surface area contributed by atoms with Gasteiger partial charge in [0.25, 0.3) is 11.8 Å². The van der Waals surface area contributed by atoms with Gasteiger partial charge in [0.15, 0.2) is 6.10 Å². The standard InChI is InChI=1S/C47H46N4O6/c1-46(2)30-37-39(43(53)51(37)41(46)44(54)56-40(33-18-10-6-11-19-33)34-20-12-7-13-21-34)38(36-22-14-15-27-48-36)42(52)49-28-29-50-45(55)57-47(3,4)35-25-23-32(24-26-35)31-16-8-5-9-17-31/h5-27,37,40-41H,28-30H2,1-4H3,(H,49,52)(H,50,55)/b39-38-/t37?,41-/m0/s1. The molecular formula is C47H46N4O6. The highest BCUT2D eigenvalue weighted by Crippen LogP contribution is 2.51. The van der Waals surface area contributed by atoms with Crippen LogP contribution in [0.25, 0.3) is 16.7 Å². The SMILES string of the molecule is CC(C)(OC(=O)NCCNC(=O)/C(=C1\C(=O)N2C1CC(C)(C)[C@@H]2C(=O)OC(c1ccccc1)c1ccccc1)c1ccccn1)c1ccc(-c2ccccc2)cc1. The summed E-state index contributed by atoms with van der Waals surface area (Å²) >= 11 is 0. The molecule has 3 amide bonds. The Labute approximate surface area is 332 Å². The molecule has 10 heteroatoms. The van der Waals surface area contributed by atoms with Crippen LogP contribution < -0.4 is 10.6 Å². The second-order valence-corrected chi connectivity index (χ2v) is 15.5. The van der Waals surface area contributed by atoms with Gasteiger partial charge in [-0.05, 0) is 65.6 Å². The number of nitrogens with one attached hydrogen (secondary N) is 2. The van der Waals surface area contributed by atoms with Gasteiger partial charge in [-0.2, -0.15) is 0 Å². The van der Waals surface area contributed by atoms with Crippen LogP contribution in [0.2, 0.25) is 0 Å². The molecule has 290 valence electrons. The zero-order valence-corrected chi connectivity index (χ0v) is 32.5. The Balaban J connectivity index is 1.02. The Morgan fingerprint density at radius 2 is 1.33 bits per heavy atom. The summed E-state index contributed by atoms with van der Waals surface area (Å²) in [4.78, 5) is 61.0. The van der Waals surface area contributed by atoms with E-state index in [9.17, 15) is 19.2 Å². The molecule has 2 N–H and O–H groups in total. The monoisotopic (exact) mass is 762 g/mol. The molecule has 1 aromatic heterocycles. The maximum Gasteiger partial charge on any atom is 0.408 e. The summed E-state index contributed by atoms with van der Waals surface area (Å²) in [5, 5.41) is 5.57. The first-order valence-corrected chi connectivity index (χ1v) is 19.1. The third-order valence-corrected chi connectivity index (χ3v) is 10.7. The molecule has 57 heavy (non-hydrogen) atoms. The highest BCUT2D eigenvalue weighted by molar-refractivity contribution is 6.28. The van der Waals surface area contributed by atoms with Gasteiger partial charge >= 0.3 is 12.1 Å². The van der Waals surface area contributed by atoms with E-state index in [0.717, 1.165) is 27.8 Å². The van der Waals surface area contributed by atoms with E-state index in [1.807, 2.05) is 143 Å². The van der Waals surface area contributed by atoms with E-state index >= 15 is 0 Å². The molecule has 2 fully saturated rings. The summed E-state index contributed by atoms with van der Waals surface area (Å²) in [5.74, 6) is -1.44. The van der Waals surface area contributed by atoms with E-state index in [1.54, 1.807) is 29.3 Å². The number of fused-ring (bicyclic) bond motifs is 1. The third kappa shape index (κ3) is 8.21. The van der Waals surface area contributed by atoms with Crippen LogP contribution >= 0.6 is 0 Å². The average molecular weight is 763 g/mol. The molecule has 0 aliphatic carbocycles. The zero-order valence-electron chi connectivity index (χ0n) is 32.5. The second-order valence-electron chi connectivity index (χ2n) is 15.5. The summed E-state index contributed by atoms with van der Waals surface area (Å²) in [6.07, 6.45) is 0.698. The minimum absolute atomic E-state index is 0.0626. The summed E-state index contributed by atoms with van der Waals surface area (Å²) in [5.41, 5.74) is 3.80. The predicted molar refractivity (Wildman–Crippen MR) is 217 cm³/mol. The quantitative estimate of drug-likeness (QED) is 0.0580. The van der Waals surface area contributed by atoms with Crippen LogP contribution in [-0.2, 0) is 29.5 Å². The fraction of sp³-hybridized carbons (Fsp3) is 0.255. The molecule has 0 bridgehead atoms. The highest BCUT2D eigenvalue weighted by Gasteiger charge is 2.62. The van der Waals surface area contributed by atoms with Gasteiger partial charge in [-0.25, -0.2) is 9.59 Å². The molecule has 2 aliphatic heterocycles. The molecular weight excluding hydrogens is 717 g/mol. The van der Waals surface area contributed by atoms with Crippen LogP contribution in [-0.4, -0.2) is 58.9 Å². The van der Waals surface area contributed by atoms with Gasteiger partial charge in [0.2, 0.25) is 0 Å². The van der Waals surface area contributed by atoms with Gasteiger partial charge in [0.05, 0.1) is 22.9 Å². The Kier molecular flexibility index (Phi) is 11.1. The van der Waals surface area contributed by atoms with Gasteiger partial charge in [-0.15, -0.1) is 0 Å². The Morgan fingerprint density at radius 3 is 1.93 bits per heavy atom. The number of carbonyl (C=O) groups is 4. The molecule has 1 unspecified atom stereocenters. The van der Waals surface area contributed by atoms with E-state index in [1.165, 1.54) is 0 Å².